The molecule has 0 atom stereocenters. The van der Waals surface area contributed by atoms with Crippen molar-refractivity contribution in [3.8, 4) is 11.5 Å². The summed E-state index contributed by atoms with van der Waals surface area (Å²) >= 11 is 0. The van der Waals surface area contributed by atoms with Crippen molar-refractivity contribution in [2.24, 2.45) is 5.10 Å². The summed E-state index contributed by atoms with van der Waals surface area (Å²) in [7, 11) is 3.06. The topological polar surface area (TPSA) is 59.9 Å². The van der Waals surface area contributed by atoms with E-state index in [4.69, 9.17) is 9.47 Å². The molecule has 0 spiro atoms. The van der Waals surface area contributed by atoms with Gasteiger partial charge in [-0.1, -0.05) is 30.3 Å². The number of hydrogen-bond donors (Lipinski definition) is 1. The molecule has 2 aromatic rings. The van der Waals surface area contributed by atoms with Crippen molar-refractivity contribution >= 4 is 11.6 Å². The lowest BCUT2D eigenvalue weighted by molar-refractivity contribution is 0.0952. The van der Waals surface area contributed by atoms with Crippen molar-refractivity contribution in [3.05, 3.63) is 59.7 Å². The second-order valence-corrected chi connectivity index (χ2v) is 4.57. The second kappa shape index (κ2) is 7.26. The summed E-state index contributed by atoms with van der Waals surface area (Å²) in [4.78, 5) is 12.2. The Kier molecular flexibility index (Phi) is 5.14. The lowest BCUT2D eigenvalue weighted by Gasteiger charge is -2.09. The van der Waals surface area contributed by atoms with E-state index in [1.165, 1.54) is 7.11 Å². The van der Waals surface area contributed by atoms with E-state index in [0.29, 0.717) is 17.1 Å². The van der Waals surface area contributed by atoms with Crippen molar-refractivity contribution < 1.29 is 14.3 Å². The lowest BCUT2D eigenvalue weighted by atomic mass is 10.1. The Morgan fingerprint density at radius 3 is 2.41 bits per heavy atom. The van der Waals surface area contributed by atoms with Crippen molar-refractivity contribution in [3.63, 3.8) is 0 Å². The van der Waals surface area contributed by atoms with Crippen LogP contribution in [-0.2, 0) is 0 Å². The molecule has 0 aliphatic rings. The van der Waals surface area contributed by atoms with Crippen molar-refractivity contribution in [2.75, 3.05) is 14.2 Å². The Labute approximate surface area is 129 Å². The van der Waals surface area contributed by atoms with Gasteiger partial charge in [-0.3, -0.25) is 4.79 Å². The van der Waals surface area contributed by atoms with E-state index in [1.807, 2.05) is 37.3 Å². The van der Waals surface area contributed by atoms with Gasteiger partial charge in [-0.05, 0) is 24.6 Å². The molecule has 0 unspecified atom stereocenters. The maximum Gasteiger partial charge on any atom is 0.275 e. The maximum absolute atomic E-state index is 12.2. The first-order chi connectivity index (χ1) is 10.7. The van der Waals surface area contributed by atoms with Crippen LogP contribution in [0, 0.1) is 0 Å². The van der Waals surface area contributed by atoms with Crippen LogP contribution in [0.4, 0.5) is 0 Å². The third-order valence-electron chi connectivity index (χ3n) is 3.17. The van der Waals surface area contributed by atoms with Crippen LogP contribution in [-0.4, -0.2) is 25.8 Å². The third-order valence-corrected chi connectivity index (χ3v) is 3.17. The number of nitrogens with zero attached hydrogens (tertiary/aromatic N) is 1. The Morgan fingerprint density at radius 2 is 1.77 bits per heavy atom. The quantitative estimate of drug-likeness (QED) is 0.682. The van der Waals surface area contributed by atoms with Crippen LogP contribution >= 0.6 is 0 Å². The molecular formula is C17H18N2O3. The molecule has 0 fully saturated rings. The molecule has 0 bridgehead atoms. The highest BCUT2D eigenvalue weighted by Crippen LogP contribution is 2.24. The minimum atomic E-state index is -0.338. The second-order valence-electron chi connectivity index (χ2n) is 4.57. The first kappa shape index (κ1) is 15.6. The van der Waals surface area contributed by atoms with E-state index < -0.39 is 0 Å². The molecule has 2 aromatic carbocycles. The molecular weight excluding hydrogens is 280 g/mol. The van der Waals surface area contributed by atoms with Crippen LogP contribution in [0.15, 0.2) is 53.6 Å². The number of carbonyl (C=O) groups is 1. The first-order valence-electron chi connectivity index (χ1n) is 6.77. The highest BCUT2D eigenvalue weighted by Gasteiger charge is 2.12. The van der Waals surface area contributed by atoms with E-state index in [9.17, 15) is 4.79 Å². The van der Waals surface area contributed by atoms with E-state index in [1.54, 1.807) is 25.3 Å². The molecule has 1 amide bonds. The fraction of sp³-hybridized carbons (Fsp3) is 0.176. The fourth-order valence-electron chi connectivity index (χ4n) is 1.92. The zero-order valence-electron chi connectivity index (χ0n) is 12.8. The molecule has 0 saturated heterocycles. The summed E-state index contributed by atoms with van der Waals surface area (Å²) in [5.74, 6) is 0.719. The van der Waals surface area contributed by atoms with E-state index >= 15 is 0 Å². The Bertz CT molecular complexity index is 682. The van der Waals surface area contributed by atoms with Gasteiger partial charge in [0.15, 0.2) is 0 Å². The normalized spacial score (nSPS) is 11.0. The molecule has 0 aliphatic carbocycles. The molecule has 22 heavy (non-hydrogen) atoms. The minimum absolute atomic E-state index is 0.338. The number of methoxy groups -OCH3 is 2. The van der Waals surface area contributed by atoms with Gasteiger partial charge >= 0.3 is 0 Å². The number of amides is 1. The van der Waals surface area contributed by atoms with Crippen molar-refractivity contribution in [2.45, 2.75) is 6.92 Å². The Balaban J connectivity index is 2.16. The number of hydrogen-bond acceptors (Lipinski definition) is 4. The zero-order valence-corrected chi connectivity index (χ0v) is 12.8. The smallest absolute Gasteiger partial charge is 0.275 e. The highest BCUT2D eigenvalue weighted by molar-refractivity contribution is 6.01. The number of hydrazone groups is 1. The van der Waals surface area contributed by atoms with Crippen LogP contribution in [0.25, 0.3) is 0 Å². The molecule has 0 saturated carbocycles. The Hall–Kier alpha value is -2.82. The van der Waals surface area contributed by atoms with Crippen LogP contribution in [0.3, 0.4) is 0 Å². The van der Waals surface area contributed by atoms with Gasteiger partial charge in [0.1, 0.15) is 11.5 Å². The SMILES string of the molecule is COc1ccc(C(=O)NN=C(C)c2ccccc2)c(OC)c1. The molecule has 0 aromatic heterocycles. The lowest BCUT2D eigenvalue weighted by Crippen LogP contribution is -2.20. The average molecular weight is 298 g/mol. The van der Waals surface area contributed by atoms with E-state index in [-0.39, 0.29) is 5.91 Å². The van der Waals surface area contributed by atoms with Gasteiger partial charge in [0.05, 0.1) is 25.5 Å². The van der Waals surface area contributed by atoms with Crippen LogP contribution < -0.4 is 14.9 Å². The summed E-state index contributed by atoms with van der Waals surface area (Å²) in [6, 6.07) is 14.6. The highest BCUT2D eigenvalue weighted by atomic mass is 16.5. The van der Waals surface area contributed by atoms with Gasteiger partial charge in [0.2, 0.25) is 0 Å². The molecule has 0 aliphatic heterocycles. The Morgan fingerprint density at radius 1 is 1.05 bits per heavy atom. The predicted molar refractivity (Wildman–Crippen MR) is 85.7 cm³/mol. The predicted octanol–water partition coefficient (Wildman–Crippen LogP) is 2.86. The summed E-state index contributed by atoms with van der Waals surface area (Å²) in [6.07, 6.45) is 0. The summed E-state index contributed by atoms with van der Waals surface area (Å²) in [5.41, 5.74) is 4.61. The number of ether oxygens (including phenoxy) is 2. The van der Waals surface area contributed by atoms with Gasteiger partial charge in [-0.15, -0.1) is 0 Å². The molecule has 1 N–H and O–H groups in total. The maximum atomic E-state index is 12.2. The van der Waals surface area contributed by atoms with E-state index in [0.717, 1.165) is 11.3 Å². The fourth-order valence-corrected chi connectivity index (χ4v) is 1.92. The van der Waals surface area contributed by atoms with Gasteiger partial charge in [0, 0.05) is 6.07 Å². The molecule has 5 heteroatoms. The standard InChI is InChI=1S/C17H18N2O3/c1-12(13-7-5-4-6-8-13)18-19-17(20)15-10-9-14(21-2)11-16(15)22-3/h4-11H,1-3H3,(H,19,20). The molecule has 5 nitrogen and oxygen atoms in total. The van der Waals surface area contributed by atoms with E-state index in [2.05, 4.69) is 10.5 Å². The third kappa shape index (κ3) is 3.63. The zero-order chi connectivity index (χ0) is 15.9. The van der Waals surface area contributed by atoms with Gasteiger partial charge in [-0.25, -0.2) is 5.43 Å². The van der Waals surface area contributed by atoms with Gasteiger partial charge in [-0.2, -0.15) is 5.10 Å². The van der Waals surface area contributed by atoms with Crippen LogP contribution in [0.1, 0.15) is 22.8 Å². The summed E-state index contributed by atoms with van der Waals surface area (Å²) < 4.78 is 10.3. The van der Waals surface area contributed by atoms with Crippen molar-refractivity contribution in [1.29, 1.82) is 0 Å². The van der Waals surface area contributed by atoms with Crippen molar-refractivity contribution in [1.82, 2.24) is 5.43 Å². The summed E-state index contributed by atoms with van der Waals surface area (Å²) in [6.45, 7) is 1.83. The molecule has 0 radical (unpaired) electrons. The van der Waals surface area contributed by atoms with Gasteiger partial charge in [0.25, 0.3) is 5.91 Å². The first-order valence-corrected chi connectivity index (χ1v) is 6.77. The largest absolute Gasteiger partial charge is 0.497 e. The molecule has 114 valence electrons. The van der Waals surface area contributed by atoms with Crippen LogP contribution in [0.2, 0.25) is 0 Å². The monoisotopic (exact) mass is 298 g/mol. The molecule has 0 heterocycles. The van der Waals surface area contributed by atoms with Gasteiger partial charge < -0.3 is 9.47 Å². The minimum Gasteiger partial charge on any atom is -0.497 e. The summed E-state index contributed by atoms with van der Waals surface area (Å²) in [5, 5.41) is 4.12. The number of benzene rings is 2. The number of carbonyl (C=O) groups excluding carboxylic acids is 1. The molecule has 2 rings (SSSR count). The van der Waals surface area contributed by atoms with Crippen LogP contribution in [0.5, 0.6) is 11.5 Å². The average Bonchev–Trinajstić information content (AvgIpc) is 2.59. The number of nitrogens with one attached hydrogen (secondary N) is 1. The number of rotatable bonds is 5.